The Morgan fingerprint density at radius 2 is 2.00 bits per heavy atom. The summed E-state index contributed by atoms with van der Waals surface area (Å²) in [6, 6.07) is 7.90. The van der Waals surface area contributed by atoms with Crippen LogP contribution in [0, 0.1) is 12.7 Å². The molecule has 0 aliphatic heterocycles. The maximum absolute atomic E-state index is 12.7. The highest BCUT2D eigenvalue weighted by Crippen LogP contribution is 2.08. The second-order valence-electron chi connectivity index (χ2n) is 4.02. The number of nitrogens with one attached hydrogen (secondary N) is 1. The first-order chi connectivity index (χ1) is 8.66. The summed E-state index contributed by atoms with van der Waals surface area (Å²) >= 11 is 0. The second kappa shape index (κ2) is 5.49. The smallest absolute Gasteiger partial charge is 0.254 e. The van der Waals surface area contributed by atoms with Gasteiger partial charge in [-0.1, -0.05) is 12.1 Å². The number of benzene rings is 1. The molecule has 1 aromatic carbocycles. The van der Waals surface area contributed by atoms with Crippen LogP contribution in [0.4, 0.5) is 4.39 Å². The molecule has 0 unspecified atom stereocenters. The molecule has 0 atom stereocenters. The monoisotopic (exact) mass is 247 g/mol. The van der Waals surface area contributed by atoms with Gasteiger partial charge in [-0.15, -0.1) is 0 Å². The highest BCUT2D eigenvalue weighted by atomic mass is 19.1. The molecule has 94 valence electrons. The highest BCUT2D eigenvalue weighted by Gasteiger charge is 2.10. The lowest BCUT2D eigenvalue weighted by molar-refractivity contribution is 0.0952. The largest absolute Gasteiger partial charge is 0.469 e. The molecule has 4 heteroatoms. The standard InChI is InChI=1S/C14H14FNO2/c1-10-13(7-9-18-10)14(17)16-8-6-11-2-4-12(15)5-3-11/h2-5,7,9H,6,8H2,1H3,(H,16,17). The van der Waals surface area contributed by atoms with Gasteiger partial charge in [0.05, 0.1) is 11.8 Å². The zero-order valence-electron chi connectivity index (χ0n) is 10.1. The van der Waals surface area contributed by atoms with Gasteiger partial charge in [0.25, 0.3) is 5.91 Å². The fourth-order valence-electron chi connectivity index (χ4n) is 1.69. The predicted octanol–water partition coefficient (Wildman–Crippen LogP) is 2.70. The Morgan fingerprint density at radius 1 is 1.28 bits per heavy atom. The van der Waals surface area contributed by atoms with E-state index in [2.05, 4.69) is 5.32 Å². The molecule has 18 heavy (non-hydrogen) atoms. The van der Waals surface area contributed by atoms with E-state index in [9.17, 15) is 9.18 Å². The fraction of sp³-hybridized carbons (Fsp3) is 0.214. The minimum Gasteiger partial charge on any atom is -0.469 e. The lowest BCUT2D eigenvalue weighted by Gasteiger charge is -2.04. The number of hydrogen-bond donors (Lipinski definition) is 1. The van der Waals surface area contributed by atoms with Crippen molar-refractivity contribution in [3.05, 3.63) is 59.3 Å². The number of carbonyl (C=O) groups excluding carboxylic acids is 1. The van der Waals surface area contributed by atoms with Crippen LogP contribution in [0.15, 0.2) is 41.0 Å². The van der Waals surface area contributed by atoms with Crippen LogP contribution in [0.5, 0.6) is 0 Å². The van der Waals surface area contributed by atoms with Crippen molar-refractivity contribution in [2.24, 2.45) is 0 Å². The Kier molecular flexibility index (Phi) is 3.77. The van der Waals surface area contributed by atoms with Crippen LogP contribution in [0.3, 0.4) is 0 Å². The fourth-order valence-corrected chi connectivity index (χ4v) is 1.69. The van der Waals surface area contributed by atoms with Gasteiger partial charge in [0, 0.05) is 6.54 Å². The lowest BCUT2D eigenvalue weighted by atomic mass is 10.1. The Hall–Kier alpha value is -2.10. The first-order valence-electron chi connectivity index (χ1n) is 5.73. The van der Waals surface area contributed by atoms with Crippen molar-refractivity contribution >= 4 is 5.91 Å². The van der Waals surface area contributed by atoms with Gasteiger partial charge < -0.3 is 9.73 Å². The summed E-state index contributed by atoms with van der Waals surface area (Å²) < 4.78 is 17.7. The van der Waals surface area contributed by atoms with E-state index in [4.69, 9.17) is 4.42 Å². The van der Waals surface area contributed by atoms with E-state index in [-0.39, 0.29) is 11.7 Å². The summed E-state index contributed by atoms with van der Waals surface area (Å²) in [5.74, 6) is 0.203. The molecule has 1 N–H and O–H groups in total. The van der Waals surface area contributed by atoms with E-state index in [0.717, 1.165) is 5.56 Å². The normalized spacial score (nSPS) is 10.3. The number of furan rings is 1. The molecule has 0 fully saturated rings. The SMILES string of the molecule is Cc1occc1C(=O)NCCc1ccc(F)cc1. The van der Waals surface area contributed by atoms with Crippen LogP contribution in [-0.2, 0) is 6.42 Å². The summed E-state index contributed by atoms with van der Waals surface area (Å²) in [6.45, 7) is 2.25. The summed E-state index contributed by atoms with van der Waals surface area (Å²) in [4.78, 5) is 11.7. The zero-order chi connectivity index (χ0) is 13.0. The van der Waals surface area contributed by atoms with Gasteiger partial charge in [-0.05, 0) is 37.1 Å². The van der Waals surface area contributed by atoms with E-state index in [1.165, 1.54) is 18.4 Å². The molecule has 1 amide bonds. The predicted molar refractivity (Wildman–Crippen MR) is 65.9 cm³/mol. The van der Waals surface area contributed by atoms with Crippen LogP contribution in [0.25, 0.3) is 0 Å². The molecule has 2 rings (SSSR count). The highest BCUT2D eigenvalue weighted by molar-refractivity contribution is 5.94. The summed E-state index contributed by atoms with van der Waals surface area (Å²) in [6.07, 6.45) is 2.16. The Balaban J connectivity index is 1.84. The number of halogens is 1. The van der Waals surface area contributed by atoms with Gasteiger partial charge in [-0.2, -0.15) is 0 Å². The molecular weight excluding hydrogens is 233 g/mol. The van der Waals surface area contributed by atoms with Crippen molar-refractivity contribution in [3.8, 4) is 0 Å². The molecule has 0 aliphatic rings. The quantitative estimate of drug-likeness (QED) is 0.902. The molecule has 0 aliphatic carbocycles. The number of rotatable bonds is 4. The van der Waals surface area contributed by atoms with Crippen LogP contribution >= 0.6 is 0 Å². The number of hydrogen-bond acceptors (Lipinski definition) is 2. The third kappa shape index (κ3) is 2.97. The van der Waals surface area contributed by atoms with Gasteiger partial charge in [0.1, 0.15) is 11.6 Å². The summed E-state index contributed by atoms with van der Waals surface area (Å²) in [5.41, 5.74) is 1.54. The minimum absolute atomic E-state index is 0.150. The van der Waals surface area contributed by atoms with Gasteiger partial charge in [0.2, 0.25) is 0 Å². The molecule has 1 heterocycles. The van der Waals surface area contributed by atoms with E-state index in [1.807, 2.05) is 0 Å². The van der Waals surface area contributed by atoms with Crippen LogP contribution in [0.2, 0.25) is 0 Å². The number of aryl methyl sites for hydroxylation is 1. The minimum atomic E-state index is -0.253. The molecule has 0 saturated heterocycles. The third-order valence-electron chi connectivity index (χ3n) is 2.72. The summed E-state index contributed by atoms with van der Waals surface area (Å²) in [5, 5.41) is 2.80. The van der Waals surface area contributed by atoms with Crippen molar-refractivity contribution in [3.63, 3.8) is 0 Å². The van der Waals surface area contributed by atoms with Crippen molar-refractivity contribution in [1.82, 2.24) is 5.32 Å². The molecule has 1 aromatic heterocycles. The molecular formula is C14H14FNO2. The molecule has 0 radical (unpaired) electrons. The van der Waals surface area contributed by atoms with E-state index in [0.29, 0.717) is 24.3 Å². The Labute approximate surface area is 105 Å². The number of carbonyl (C=O) groups is 1. The van der Waals surface area contributed by atoms with Gasteiger partial charge in [0.15, 0.2) is 0 Å². The molecule has 3 nitrogen and oxygen atoms in total. The van der Waals surface area contributed by atoms with E-state index in [1.54, 1.807) is 25.1 Å². The van der Waals surface area contributed by atoms with E-state index < -0.39 is 0 Å². The van der Waals surface area contributed by atoms with Crippen LogP contribution in [0.1, 0.15) is 21.7 Å². The maximum Gasteiger partial charge on any atom is 0.254 e. The van der Waals surface area contributed by atoms with Gasteiger partial charge in [-0.25, -0.2) is 4.39 Å². The average molecular weight is 247 g/mol. The topological polar surface area (TPSA) is 42.2 Å². The Bertz CT molecular complexity index is 531. The molecule has 2 aromatic rings. The molecule has 0 spiro atoms. The Morgan fingerprint density at radius 3 is 2.61 bits per heavy atom. The molecule has 0 saturated carbocycles. The van der Waals surface area contributed by atoms with Gasteiger partial charge in [-0.3, -0.25) is 4.79 Å². The zero-order valence-corrected chi connectivity index (χ0v) is 10.1. The third-order valence-corrected chi connectivity index (χ3v) is 2.72. The van der Waals surface area contributed by atoms with Crippen molar-refractivity contribution < 1.29 is 13.6 Å². The van der Waals surface area contributed by atoms with Crippen molar-refractivity contribution in [1.29, 1.82) is 0 Å². The number of amides is 1. The van der Waals surface area contributed by atoms with Crippen molar-refractivity contribution in [2.45, 2.75) is 13.3 Å². The van der Waals surface area contributed by atoms with Crippen LogP contribution in [-0.4, -0.2) is 12.5 Å². The first-order valence-corrected chi connectivity index (χ1v) is 5.73. The van der Waals surface area contributed by atoms with Crippen molar-refractivity contribution in [2.75, 3.05) is 6.54 Å². The summed E-state index contributed by atoms with van der Waals surface area (Å²) in [7, 11) is 0. The first kappa shape index (κ1) is 12.4. The molecule has 0 bridgehead atoms. The lowest BCUT2D eigenvalue weighted by Crippen LogP contribution is -2.25. The van der Waals surface area contributed by atoms with E-state index >= 15 is 0 Å². The van der Waals surface area contributed by atoms with Crippen LogP contribution < -0.4 is 5.32 Å². The average Bonchev–Trinajstić information content (AvgIpc) is 2.78. The van der Waals surface area contributed by atoms with Gasteiger partial charge >= 0.3 is 0 Å². The second-order valence-corrected chi connectivity index (χ2v) is 4.02. The maximum atomic E-state index is 12.7.